The number of fused-ring (bicyclic) bond motifs is 3. The molecular weight excluding hydrogens is 238 g/mol. The Bertz CT molecular complexity index is 908. The van der Waals surface area contributed by atoms with Crippen molar-refractivity contribution < 1.29 is 4.11 Å². The first-order chi connectivity index (χ1) is 10.3. The summed E-state index contributed by atoms with van der Waals surface area (Å²) in [7, 11) is 0. The maximum Gasteiger partial charge on any atom is 0.262 e. The zero-order valence-corrected chi connectivity index (χ0v) is 10.9. The van der Waals surface area contributed by atoms with Crippen LogP contribution in [0.4, 0.5) is 0 Å². The first-order valence-electron chi connectivity index (χ1n) is 7.84. The molecule has 0 saturated heterocycles. The number of rotatable bonds is 2. The lowest BCUT2D eigenvalue weighted by molar-refractivity contribution is 0.697. The van der Waals surface area contributed by atoms with E-state index in [4.69, 9.17) is 4.11 Å². The van der Waals surface area contributed by atoms with Crippen molar-refractivity contribution in [3.8, 4) is 0 Å². The summed E-state index contributed by atoms with van der Waals surface area (Å²) in [5.74, 6) is -0.355. The Kier molecular flexibility index (Phi) is 1.98. The number of aromatic amines is 1. The molecule has 98 valence electrons. The van der Waals surface area contributed by atoms with Gasteiger partial charge in [-0.3, -0.25) is 4.79 Å². The van der Waals surface area contributed by atoms with Gasteiger partial charge < -0.3 is 4.98 Å². The van der Waals surface area contributed by atoms with Crippen LogP contribution < -0.4 is 5.56 Å². The second-order valence-corrected chi connectivity index (χ2v) is 4.69. The molecule has 0 aliphatic rings. The first-order valence-corrected chi connectivity index (χ1v) is 6.34. The molecular formula is C15H17N3O. The predicted octanol–water partition coefficient (Wildman–Crippen LogP) is 3.00. The van der Waals surface area contributed by atoms with Crippen LogP contribution in [0, 0.1) is 6.92 Å². The maximum atomic E-state index is 12.7. The van der Waals surface area contributed by atoms with Crippen LogP contribution in [0.3, 0.4) is 0 Å². The number of imidazole rings is 1. The van der Waals surface area contributed by atoms with Crippen molar-refractivity contribution in [2.75, 3.05) is 0 Å². The molecule has 0 radical (unpaired) electrons. The molecule has 19 heavy (non-hydrogen) atoms. The van der Waals surface area contributed by atoms with Crippen LogP contribution in [0.5, 0.6) is 0 Å². The lowest BCUT2D eigenvalue weighted by Gasteiger charge is -2.10. The van der Waals surface area contributed by atoms with Gasteiger partial charge in [-0.2, -0.15) is 0 Å². The summed E-state index contributed by atoms with van der Waals surface area (Å²) < 4.78 is 24.6. The van der Waals surface area contributed by atoms with Gasteiger partial charge in [0, 0.05) is 9.68 Å². The molecule has 0 amide bonds. The minimum atomic E-state index is -2.18. The molecule has 4 heteroatoms. The average Bonchev–Trinajstić information content (AvgIpc) is 2.81. The SMILES string of the molecule is [2H]C([2H])([2H])C(CC)c1nc2[nH]c3ccccc3n2c(=O)c1C. The number of aromatic nitrogens is 3. The number of hydrogen-bond donors (Lipinski definition) is 1. The Hall–Kier alpha value is -2.10. The minimum Gasteiger partial charge on any atom is -0.323 e. The molecule has 0 aliphatic carbocycles. The van der Waals surface area contributed by atoms with Crippen LogP contribution in [0.15, 0.2) is 29.1 Å². The molecule has 2 heterocycles. The Labute approximate surface area is 115 Å². The molecule has 0 bridgehead atoms. The van der Waals surface area contributed by atoms with Crippen molar-refractivity contribution in [2.24, 2.45) is 0 Å². The highest BCUT2D eigenvalue weighted by Crippen LogP contribution is 2.20. The number of benzene rings is 1. The van der Waals surface area contributed by atoms with Crippen molar-refractivity contribution >= 4 is 16.8 Å². The fourth-order valence-corrected chi connectivity index (χ4v) is 2.36. The second-order valence-electron chi connectivity index (χ2n) is 4.69. The van der Waals surface area contributed by atoms with E-state index in [2.05, 4.69) is 9.97 Å². The van der Waals surface area contributed by atoms with Gasteiger partial charge in [0.15, 0.2) is 0 Å². The Morgan fingerprint density at radius 3 is 3.00 bits per heavy atom. The molecule has 0 spiro atoms. The van der Waals surface area contributed by atoms with Crippen LogP contribution in [0.25, 0.3) is 16.8 Å². The van der Waals surface area contributed by atoms with E-state index in [-0.39, 0.29) is 5.56 Å². The quantitative estimate of drug-likeness (QED) is 0.768. The molecule has 1 unspecified atom stereocenters. The maximum absolute atomic E-state index is 12.7. The molecule has 2 aromatic heterocycles. The number of hydrogen-bond acceptors (Lipinski definition) is 2. The van der Waals surface area contributed by atoms with E-state index in [0.717, 1.165) is 11.0 Å². The Morgan fingerprint density at radius 1 is 1.47 bits per heavy atom. The summed E-state index contributed by atoms with van der Waals surface area (Å²) in [6.07, 6.45) is 0.403. The predicted molar refractivity (Wildman–Crippen MR) is 76.8 cm³/mol. The van der Waals surface area contributed by atoms with Crippen LogP contribution in [-0.2, 0) is 0 Å². The molecule has 0 saturated carbocycles. The summed E-state index contributed by atoms with van der Waals surface area (Å²) in [6, 6.07) is 7.41. The zero-order valence-electron chi connectivity index (χ0n) is 13.9. The van der Waals surface area contributed by atoms with Gasteiger partial charge in [0.05, 0.1) is 16.7 Å². The summed E-state index contributed by atoms with van der Waals surface area (Å²) >= 11 is 0. The Balaban J connectivity index is 2.37. The second kappa shape index (κ2) is 4.23. The molecule has 1 N–H and O–H groups in total. The third-order valence-corrected chi connectivity index (χ3v) is 3.48. The summed E-state index contributed by atoms with van der Waals surface area (Å²) in [5, 5.41) is 0. The molecule has 1 atom stereocenters. The lowest BCUT2D eigenvalue weighted by Crippen LogP contribution is -2.20. The molecule has 0 aliphatic heterocycles. The van der Waals surface area contributed by atoms with E-state index in [1.807, 2.05) is 24.3 Å². The number of nitrogens with one attached hydrogen (secondary N) is 1. The zero-order chi connectivity index (χ0) is 16.1. The number of para-hydroxylation sites is 2. The van der Waals surface area contributed by atoms with Gasteiger partial charge in [-0.15, -0.1) is 0 Å². The monoisotopic (exact) mass is 258 g/mol. The standard InChI is InChI=1S/C15H17N3O/c1-4-9(2)13-10(3)14(19)18-12-8-6-5-7-11(12)16-15(18)17-13/h5-9H,4H2,1-3H3,(H,16,17)/i2D3. The van der Waals surface area contributed by atoms with Crippen molar-refractivity contribution in [2.45, 2.75) is 33.0 Å². The van der Waals surface area contributed by atoms with E-state index in [1.54, 1.807) is 13.8 Å². The normalized spacial score (nSPS) is 16.2. The molecule has 1 aromatic carbocycles. The van der Waals surface area contributed by atoms with E-state index < -0.39 is 12.8 Å². The van der Waals surface area contributed by atoms with E-state index in [9.17, 15) is 4.79 Å². The third-order valence-electron chi connectivity index (χ3n) is 3.48. The van der Waals surface area contributed by atoms with Gasteiger partial charge in [-0.25, -0.2) is 9.38 Å². The van der Waals surface area contributed by atoms with Gasteiger partial charge in [0.2, 0.25) is 5.78 Å². The number of H-pyrrole nitrogens is 1. The lowest BCUT2D eigenvalue weighted by atomic mass is 10.0. The minimum absolute atomic E-state index is 0.222. The average molecular weight is 258 g/mol. The first kappa shape index (κ1) is 8.91. The van der Waals surface area contributed by atoms with Crippen LogP contribution in [0.1, 0.15) is 41.5 Å². The van der Waals surface area contributed by atoms with Crippen molar-refractivity contribution in [1.82, 2.24) is 14.4 Å². The highest BCUT2D eigenvalue weighted by Gasteiger charge is 2.16. The number of nitrogens with zero attached hydrogens (tertiary/aromatic N) is 2. The van der Waals surface area contributed by atoms with E-state index in [1.165, 1.54) is 4.40 Å². The molecule has 3 aromatic rings. The van der Waals surface area contributed by atoms with E-state index >= 15 is 0 Å². The highest BCUT2D eigenvalue weighted by atomic mass is 16.1. The topological polar surface area (TPSA) is 50.2 Å². The fraction of sp³-hybridized carbons (Fsp3) is 0.333. The van der Waals surface area contributed by atoms with Crippen molar-refractivity contribution in [3.63, 3.8) is 0 Å². The van der Waals surface area contributed by atoms with Gasteiger partial charge in [0.25, 0.3) is 5.56 Å². The van der Waals surface area contributed by atoms with Gasteiger partial charge in [-0.05, 0) is 31.4 Å². The summed E-state index contributed by atoms with van der Waals surface area (Å²) in [4.78, 5) is 20.2. The third kappa shape index (κ3) is 1.67. The van der Waals surface area contributed by atoms with Crippen LogP contribution in [0.2, 0.25) is 0 Å². The van der Waals surface area contributed by atoms with Gasteiger partial charge in [0.1, 0.15) is 0 Å². The van der Waals surface area contributed by atoms with Gasteiger partial charge >= 0.3 is 0 Å². The smallest absolute Gasteiger partial charge is 0.262 e. The molecule has 3 rings (SSSR count). The Morgan fingerprint density at radius 2 is 2.26 bits per heavy atom. The largest absolute Gasteiger partial charge is 0.323 e. The van der Waals surface area contributed by atoms with Gasteiger partial charge in [-0.1, -0.05) is 25.9 Å². The fourth-order valence-electron chi connectivity index (χ4n) is 2.36. The van der Waals surface area contributed by atoms with Crippen LogP contribution in [-0.4, -0.2) is 14.4 Å². The van der Waals surface area contributed by atoms with E-state index in [0.29, 0.717) is 23.5 Å². The van der Waals surface area contributed by atoms with Crippen molar-refractivity contribution in [1.29, 1.82) is 0 Å². The summed E-state index contributed by atoms with van der Waals surface area (Å²) in [6.45, 7) is 1.27. The highest BCUT2D eigenvalue weighted by molar-refractivity contribution is 5.79. The summed E-state index contributed by atoms with van der Waals surface area (Å²) in [5.41, 5.74) is 2.07. The van der Waals surface area contributed by atoms with Crippen LogP contribution >= 0.6 is 0 Å². The van der Waals surface area contributed by atoms with Crippen molar-refractivity contribution in [3.05, 3.63) is 45.9 Å². The molecule has 4 nitrogen and oxygen atoms in total. The molecule has 0 fully saturated rings.